The van der Waals surface area contributed by atoms with Crippen LogP contribution in [0.2, 0.25) is 0 Å². The topological polar surface area (TPSA) is 149 Å². The van der Waals surface area contributed by atoms with Gasteiger partial charge in [0.05, 0.1) is 47.1 Å². The predicted molar refractivity (Wildman–Crippen MR) is 131 cm³/mol. The van der Waals surface area contributed by atoms with Crippen molar-refractivity contribution in [3.8, 4) is 22.9 Å². The summed E-state index contributed by atoms with van der Waals surface area (Å²) in [5, 5.41) is 24.2. The minimum atomic E-state index is -1.55. The number of esters is 1. The van der Waals surface area contributed by atoms with Crippen LogP contribution in [-0.4, -0.2) is 45.0 Å². The molecule has 1 aromatic carbocycles. The van der Waals surface area contributed by atoms with Crippen molar-refractivity contribution in [1.29, 1.82) is 0 Å². The number of cyclic esters (lactones) is 1. The first-order chi connectivity index (χ1) is 18.2. The summed E-state index contributed by atoms with van der Waals surface area (Å²) in [7, 11) is 0. The zero-order valence-electron chi connectivity index (χ0n) is 20.8. The lowest BCUT2D eigenvalue weighted by atomic mass is 9.82. The number of aliphatic hydroxyl groups excluding tert-OH is 2. The van der Waals surface area contributed by atoms with Gasteiger partial charge in [-0.1, -0.05) is 0 Å². The molecule has 2 unspecified atom stereocenters. The second kappa shape index (κ2) is 7.78. The van der Waals surface area contributed by atoms with Crippen LogP contribution in [0.4, 0.5) is 0 Å². The summed E-state index contributed by atoms with van der Waals surface area (Å²) in [6.07, 6.45) is -0.351. The Hall–Kier alpha value is -3.96. The van der Waals surface area contributed by atoms with Gasteiger partial charge in [-0.3, -0.25) is 9.59 Å². The van der Waals surface area contributed by atoms with Gasteiger partial charge in [0.1, 0.15) is 6.61 Å². The first-order valence-corrected chi connectivity index (χ1v) is 12.5. The van der Waals surface area contributed by atoms with E-state index in [1.165, 1.54) is 0 Å². The predicted octanol–water partition coefficient (Wildman–Crippen LogP) is 1.37. The van der Waals surface area contributed by atoms with Crippen LogP contribution in [0, 0.1) is 5.41 Å². The number of aliphatic hydroxyl groups is 2. The molecule has 0 radical (unpaired) electrons. The van der Waals surface area contributed by atoms with Crippen molar-refractivity contribution in [2.45, 2.75) is 52.0 Å². The molecule has 11 heteroatoms. The Bertz CT molecular complexity index is 1660. The summed E-state index contributed by atoms with van der Waals surface area (Å²) in [6, 6.07) is 3.05. The van der Waals surface area contributed by atoms with Gasteiger partial charge in [0.25, 0.3) is 5.56 Å². The summed E-state index contributed by atoms with van der Waals surface area (Å²) in [5.74, 6) is 0.180. The number of ether oxygens (including phenoxy) is 3. The van der Waals surface area contributed by atoms with E-state index in [-0.39, 0.29) is 49.1 Å². The van der Waals surface area contributed by atoms with E-state index >= 15 is 0 Å². The second-order valence-corrected chi connectivity index (χ2v) is 10.8. The number of fused-ring (bicyclic) bond motifs is 7. The summed E-state index contributed by atoms with van der Waals surface area (Å²) >= 11 is 0. The normalized spacial score (nSPS) is 20.6. The van der Waals surface area contributed by atoms with Crippen LogP contribution >= 0.6 is 0 Å². The van der Waals surface area contributed by atoms with Gasteiger partial charge in [0.15, 0.2) is 17.6 Å². The van der Waals surface area contributed by atoms with Gasteiger partial charge >= 0.3 is 5.97 Å². The van der Waals surface area contributed by atoms with Gasteiger partial charge in [-0.2, -0.15) is 0 Å². The lowest BCUT2D eigenvalue weighted by molar-refractivity contribution is -0.157. The van der Waals surface area contributed by atoms with E-state index in [2.05, 4.69) is 5.32 Å². The molecule has 38 heavy (non-hydrogen) atoms. The van der Waals surface area contributed by atoms with Crippen molar-refractivity contribution in [2.24, 2.45) is 5.41 Å². The molecule has 2 atom stereocenters. The first kappa shape index (κ1) is 23.2. The zero-order chi connectivity index (χ0) is 26.5. The third-order valence-electron chi connectivity index (χ3n) is 8.07. The van der Waals surface area contributed by atoms with Crippen LogP contribution in [0.5, 0.6) is 11.5 Å². The van der Waals surface area contributed by atoms with Crippen LogP contribution < -0.4 is 20.3 Å². The van der Waals surface area contributed by atoms with E-state index in [4.69, 9.17) is 19.2 Å². The van der Waals surface area contributed by atoms with Crippen molar-refractivity contribution >= 4 is 22.8 Å². The number of hydrogen-bond acceptors (Lipinski definition) is 9. The van der Waals surface area contributed by atoms with Crippen LogP contribution in [0.3, 0.4) is 0 Å². The Labute approximate surface area is 216 Å². The zero-order valence-corrected chi connectivity index (χ0v) is 20.8. The molecule has 0 bridgehead atoms. The van der Waals surface area contributed by atoms with Crippen LogP contribution in [0.15, 0.2) is 16.9 Å². The van der Waals surface area contributed by atoms with E-state index in [0.717, 1.165) is 22.1 Å². The highest BCUT2D eigenvalue weighted by Crippen LogP contribution is 2.50. The molecule has 0 fully saturated rings. The molecular formula is C27H25N3O8. The Morgan fingerprint density at radius 1 is 1.18 bits per heavy atom. The van der Waals surface area contributed by atoms with Crippen molar-refractivity contribution in [1.82, 2.24) is 14.9 Å². The third-order valence-corrected chi connectivity index (χ3v) is 8.07. The number of amides is 1. The highest BCUT2D eigenvalue weighted by atomic mass is 16.7. The Morgan fingerprint density at radius 2 is 2.00 bits per heavy atom. The molecule has 0 saturated heterocycles. The highest BCUT2D eigenvalue weighted by molar-refractivity contribution is 5.96. The average molecular weight is 520 g/mol. The standard InChI is InChI=1S/C27H25N3O8/c1-27(2,9-31)26(35)29-15-4-3-11-19-16(6-18-23(11)38-10-37-18)28-21-13(20(15)19)7-30-17(21)5-12-14(24(30)33)8-36-25(34)22(12)32/h5-6,15,22,31-32H,3-4,7-10H2,1-2H3,(H,29,35). The van der Waals surface area contributed by atoms with E-state index < -0.39 is 23.5 Å². The number of hydrogen-bond donors (Lipinski definition) is 3. The Balaban J connectivity index is 1.48. The summed E-state index contributed by atoms with van der Waals surface area (Å²) in [4.78, 5) is 43.6. The molecule has 3 N–H and O–H groups in total. The van der Waals surface area contributed by atoms with Crippen LogP contribution in [0.1, 0.15) is 60.2 Å². The molecule has 0 saturated carbocycles. The van der Waals surface area contributed by atoms with E-state index in [1.807, 2.05) is 0 Å². The molecule has 4 aliphatic rings. The molecule has 196 valence electrons. The minimum absolute atomic E-state index is 0.108. The van der Waals surface area contributed by atoms with Gasteiger partial charge in [-0.15, -0.1) is 0 Å². The van der Waals surface area contributed by atoms with Gasteiger partial charge in [-0.25, -0.2) is 9.78 Å². The van der Waals surface area contributed by atoms with Crippen LogP contribution in [0.25, 0.3) is 22.3 Å². The number of carbonyl (C=O) groups is 2. The van der Waals surface area contributed by atoms with E-state index in [9.17, 15) is 24.6 Å². The second-order valence-electron chi connectivity index (χ2n) is 10.8. The molecule has 11 nitrogen and oxygen atoms in total. The maximum absolute atomic E-state index is 13.5. The number of pyridine rings is 2. The minimum Gasteiger partial charge on any atom is -0.458 e. The van der Waals surface area contributed by atoms with Gasteiger partial charge in [-0.05, 0) is 38.3 Å². The first-order valence-electron chi connectivity index (χ1n) is 12.5. The monoisotopic (exact) mass is 519 g/mol. The quantitative estimate of drug-likeness (QED) is 0.341. The van der Waals surface area contributed by atoms with Gasteiger partial charge in [0.2, 0.25) is 12.7 Å². The molecule has 1 aliphatic carbocycles. The maximum atomic E-state index is 13.5. The summed E-state index contributed by atoms with van der Waals surface area (Å²) in [6.45, 7) is 3.17. The summed E-state index contributed by atoms with van der Waals surface area (Å²) < 4.78 is 18.0. The largest absolute Gasteiger partial charge is 0.458 e. The molecule has 5 heterocycles. The smallest absolute Gasteiger partial charge is 0.340 e. The third kappa shape index (κ3) is 3.02. The van der Waals surface area contributed by atoms with Gasteiger partial charge in [0, 0.05) is 28.1 Å². The Kier molecular flexibility index (Phi) is 4.74. The number of aromatic nitrogens is 2. The fourth-order valence-corrected chi connectivity index (χ4v) is 5.91. The number of nitrogens with zero attached hydrogens (tertiary/aromatic N) is 2. The van der Waals surface area contributed by atoms with Gasteiger partial charge < -0.3 is 34.3 Å². The highest BCUT2D eigenvalue weighted by Gasteiger charge is 2.39. The number of rotatable bonds is 3. The maximum Gasteiger partial charge on any atom is 0.340 e. The molecule has 0 spiro atoms. The fourth-order valence-electron chi connectivity index (χ4n) is 5.91. The molecule has 3 aliphatic heterocycles. The van der Waals surface area contributed by atoms with E-state index in [1.54, 1.807) is 30.5 Å². The molecule has 3 aromatic rings. The van der Waals surface area contributed by atoms with E-state index in [0.29, 0.717) is 41.2 Å². The number of carbonyl (C=O) groups excluding carboxylic acids is 2. The van der Waals surface area contributed by atoms with Crippen molar-refractivity contribution in [3.05, 3.63) is 50.3 Å². The number of nitrogens with one attached hydrogen (secondary N) is 1. The number of benzene rings is 1. The van der Waals surface area contributed by atoms with Crippen molar-refractivity contribution < 1.29 is 34.0 Å². The molecular weight excluding hydrogens is 494 g/mol. The van der Waals surface area contributed by atoms with Crippen LogP contribution in [-0.2, 0) is 33.9 Å². The fraction of sp³-hybridized carbons (Fsp3) is 0.407. The van der Waals surface area contributed by atoms with Crippen molar-refractivity contribution in [3.63, 3.8) is 0 Å². The Morgan fingerprint density at radius 3 is 2.79 bits per heavy atom. The van der Waals surface area contributed by atoms with Crippen molar-refractivity contribution in [2.75, 3.05) is 13.4 Å². The lowest BCUT2D eigenvalue weighted by Gasteiger charge is -2.31. The number of aryl methyl sites for hydroxylation is 1. The SMILES string of the molecule is CC(C)(CO)C(=O)NC1CCc2c3c(cc4nc5c(c1c24)Cn1c-5cc2c(c1=O)COC(=O)C2O)OCO3. The average Bonchev–Trinajstić information content (AvgIpc) is 3.52. The molecule has 2 aromatic heterocycles. The molecule has 7 rings (SSSR count). The molecule has 1 amide bonds. The lowest BCUT2D eigenvalue weighted by Crippen LogP contribution is -2.42. The summed E-state index contributed by atoms with van der Waals surface area (Å²) in [5.41, 5.74) is 3.38.